The molecule has 0 aliphatic carbocycles. The summed E-state index contributed by atoms with van der Waals surface area (Å²) in [4.78, 5) is 17.6. The Bertz CT molecular complexity index is 1080. The number of nitrogens with two attached hydrogens (primary N) is 1. The number of hydrogen-bond donors (Lipinski definition) is 2. The van der Waals surface area contributed by atoms with Gasteiger partial charge in [-0.15, -0.1) is 11.3 Å². The van der Waals surface area contributed by atoms with Gasteiger partial charge in [-0.25, -0.2) is 18.5 Å². The maximum Gasteiger partial charge on any atom is 0.267 e. The minimum atomic E-state index is -3.86. The number of aryl methyl sites for hydroxylation is 2. The normalized spacial score (nSPS) is 11.5. The molecule has 26 heavy (non-hydrogen) atoms. The number of rotatable bonds is 4. The van der Waals surface area contributed by atoms with Crippen LogP contribution in [0.15, 0.2) is 33.9 Å². The van der Waals surface area contributed by atoms with Gasteiger partial charge in [-0.2, -0.15) is 11.3 Å². The van der Waals surface area contributed by atoms with Gasteiger partial charge in [0, 0.05) is 16.6 Å². The second kappa shape index (κ2) is 6.92. The van der Waals surface area contributed by atoms with E-state index < -0.39 is 10.0 Å². The number of aromatic nitrogens is 1. The van der Waals surface area contributed by atoms with E-state index in [1.807, 2.05) is 23.8 Å². The summed E-state index contributed by atoms with van der Waals surface area (Å²) < 4.78 is 23.3. The predicted octanol–water partition coefficient (Wildman–Crippen LogP) is 3.70. The fraction of sp³-hybridized carbons (Fsp3) is 0.176. The highest BCUT2D eigenvalue weighted by Gasteiger charge is 2.19. The smallest absolute Gasteiger partial charge is 0.267 e. The zero-order valence-electron chi connectivity index (χ0n) is 14.4. The van der Waals surface area contributed by atoms with E-state index >= 15 is 0 Å². The molecule has 0 spiro atoms. The number of nitrogens with zero attached hydrogens (tertiary/aromatic N) is 1. The Morgan fingerprint density at radius 2 is 1.96 bits per heavy atom. The van der Waals surface area contributed by atoms with Crippen LogP contribution in [-0.2, 0) is 10.0 Å². The number of nitrogens with one attached hydrogen (secondary N) is 1. The number of benzene rings is 1. The highest BCUT2D eigenvalue weighted by molar-refractivity contribution is 7.89. The average molecular weight is 408 g/mol. The molecule has 0 aliphatic heterocycles. The summed E-state index contributed by atoms with van der Waals surface area (Å²) in [5.74, 6) is -0.324. The maximum atomic E-state index is 12.7. The molecule has 0 bridgehead atoms. The molecular formula is C17H17N3O3S3. The van der Waals surface area contributed by atoms with Crippen LogP contribution < -0.4 is 10.5 Å². The Morgan fingerprint density at radius 1 is 1.23 bits per heavy atom. The van der Waals surface area contributed by atoms with Crippen molar-refractivity contribution in [1.29, 1.82) is 0 Å². The van der Waals surface area contributed by atoms with Gasteiger partial charge in [0.15, 0.2) is 0 Å². The van der Waals surface area contributed by atoms with Gasteiger partial charge in [-0.05, 0) is 55.5 Å². The molecule has 2 heterocycles. The summed E-state index contributed by atoms with van der Waals surface area (Å²) in [6.07, 6.45) is 0. The zero-order chi connectivity index (χ0) is 19.1. The van der Waals surface area contributed by atoms with E-state index in [1.54, 1.807) is 25.2 Å². The van der Waals surface area contributed by atoms with Crippen LogP contribution in [0.25, 0.3) is 10.6 Å². The van der Waals surface area contributed by atoms with Crippen LogP contribution in [0, 0.1) is 20.8 Å². The fourth-order valence-electron chi connectivity index (χ4n) is 2.42. The number of carbonyl (C=O) groups is 1. The third-order valence-electron chi connectivity index (χ3n) is 3.99. The largest absolute Gasteiger partial charge is 0.321 e. The summed E-state index contributed by atoms with van der Waals surface area (Å²) in [5, 5.41) is 12.7. The third kappa shape index (κ3) is 3.70. The molecule has 3 rings (SSSR count). The van der Waals surface area contributed by atoms with Gasteiger partial charge in [0.2, 0.25) is 10.0 Å². The van der Waals surface area contributed by atoms with E-state index in [0.717, 1.165) is 21.7 Å². The molecule has 0 radical (unpaired) electrons. The molecule has 1 aromatic carbocycles. The molecule has 6 nitrogen and oxygen atoms in total. The zero-order valence-corrected chi connectivity index (χ0v) is 16.8. The first-order valence-electron chi connectivity index (χ1n) is 7.62. The van der Waals surface area contributed by atoms with E-state index in [4.69, 9.17) is 5.14 Å². The molecule has 0 atom stereocenters. The van der Waals surface area contributed by atoms with Crippen molar-refractivity contribution in [3.8, 4) is 10.6 Å². The standard InChI is InChI=1S/C17H17N3O3S3/c1-9-6-13(26(18,22)23)7-14(10(9)2)20-16(21)15-11(3)19-17(25-15)12-4-5-24-8-12/h4-8H,1-3H3,(H,20,21)(H2,18,22,23). The lowest BCUT2D eigenvalue weighted by molar-refractivity contribution is 0.102. The molecule has 136 valence electrons. The van der Waals surface area contributed by atoms with Gasteiger partial charge >= 0.3 is 0 Å². The number of anilines is 1. The molecule has 0 aliphatic rings. The molecule has 9 heteroatoms. The van der Waals surface area contributed by atoms with Crippen LogP contribution >= 0.6 is 22.7 Å². The Labute approximate surface area is 159 Å². The monoisotopic (exact) mass is 407 g/mol. The number of primary sulfonamides is 1. The van der Waals surface area contributed by atoms with Gasteiger partial charge < -0.3 is 5.32 Å². The highest BCUT2D eigenvalue weighted by atomic mass is 32.2. The predicted molar refractivity (Wildman–Crippen MR) is 105 cm³/mol. The van der Waals surface area contributed by atoms with E-state index in [0.29, 0.717) is 16.3 Å². The Morgan fingerprint density at radius 3 is 2.58 bits per heavy atom. The first-order valence-corrected chi connectivity index (χ1v) is 10.9. The number of hydrogen-bond acceptors (Lipinski definition) is 6. The van der Waals surface area contributed by atoms with Gasteiger partial charge in [-0.1, -0.05) is 0 Å². The molecule has 0 saturated carbocycles. The van der Waals surface area contributed by atoms with Crippen LogP contribution in [0.1, 0.15) is 26.5 Å². The van der Waals surface area contributed by atoms with Gasteiger partial charge in [-0.3, -0.25) is 4.79 Å². The summed E-state index contributed by atoms with van der Waals surface area (Å²) in [5.41, 5.74) is 3.54. The Hall–Kier alpha value is -2.07. The molecule has 1 amide bonds. The Balaban J connectivity index is 1.95. The fourth-order valence-corrected chi connectivity index (χ4v) is 4.71. The summed E-state index contributed by atoms with van der Waals surface area (Å²) in [6, 6.07) is 4.83. The molecule has 0 unspecified atom stereocenters. The number of sulfonamides is 1. The van der Waals surface area contributed by atoms with Gasteiger partial charge in [0.25, 0.3) is 5.91 Å². The summed E-state index contributed by atoms with van der Waals surface area (Å²) >= 11 is 2.87. The summed E-state index contributed by atoms with van der Waals surface area (Å²) in [7, 11) is -3.86. The number of amides is 1. The molecular weight excluding hydrogens is 390 g/mol. The molecule has 3 N–H and O–H groups in total. The van der Waals surface area contributed by atoms with E-state index in [-0.39, 0.29) is 10.8 Å². The van der Waals surface area contributed by atoms with E-state index in [1.165, 1.54) is 23.5 Å². The number of thiophene rings is 1. The average Bonchev–Trinajstić information content (AvgIpc) is 3.19. The number of thiazole rings is 1. The van der Waals surface area contributed by atoms with Crippen LogP contribution in [0.5, 0.6) is 0 Å². The van der Waals surface area contributed by atoms with Crippen molar-refractivity contribution in [3.05, 3.63) is 50.7 Å². The van der Waals surface area contributed by atoms with Gasteiger partial charge in [0.1, 0.15) is 9.88 Å². The Kier molecular flexibility index (Phi) is 4.98. The number of carbonyl (C=O) groups excluding carboxylic acids is 1. The van der Waals surface area contributed by atoms with Crippen molar-refractivity contribution in [3.63, 3.8) is 0 Å². The quantitative estimate of drug-likeness (QED) is 0.688. The first-order chi connectivity index (χ1) is 12.2. The SMILES string of the molecule is Cc1cc(S(N)(=O)=O)cc(NC(=O)c2sc(-c3ccsc3)nc2C)c1C. The topological polar surface area (TPSA) is 102 Å². The maximum absolute atomic E-state index is 12.7. The van der Waals surface area contributed by atoms with Crippen molar-refractivity contribution in [2.24, 2.45) is 5.14 Å². The van der Waals surface area contributed by atoms with E-state index in [2.05, 4.69) is 10.3 Å². The van der Waals surface area contributed by atoms with Crippen molar-refractivity contribution in [2.45, 2.75) is 25.7 Å². The second-order valence-corrected chi connectivity index (χ2v) is 9.20. The minimum absolute atomic E-state index is 0.0316. The van der Waals surface area contributed by atoms with Crippen LogP contribution in [0.3, 0.4) is 0 Å². The van der Waals surface area contributed by atoms with Crippen LogP contribution in [0.2, 0.25) is 0 Å². The molecule has 0 saturated heterocycles. The van der Waals surface area contributed by atoms with Crippen molar-refractivity contribution in [2.75, 3.05) is 5.32 Å². The lowest BCUT2D eigenvalue weighted by Gasteiger charge is -2.12. The van der Waals surface area contributed by atoms with Crippen LogP contribution in [0.4, 0.5) is 5.69 Å². The summed E-state index contributed by atoms with van der Waals surface area (Å²) in [6.45, 7) is 5.36. The lowest BCUT2D eigenvalue weighted by atomic mass is 10.1. The van der Waals surface area contributed by atoms with Crippen molar-refractivity contribution >= 4 is 44.3 Å². The minimum Gasteiger partial charge on any atom is -0.321 e. The van der Waals surface area contributed by atoms with Crippen molar-refractivity contribution < 1.29 is 13.2 Å². The van der Waals surface area contributed by atoms with Gasteiger partial charge in [0.05, 0.1) is 10.6 Å². The molecule has 2 aromatic heterocycles. The molecule has 3 aromatic rings. The first kappa shape index (κ1) is 18.7. The molecule has 0 fully saturated rings. The second-order valence-electron chi connectivity index (χ2n) is 5.86. The third-order valence-corrected chi connectivity index (χ3v) is 6.77. The van der Waals surface area contributed by atoms with Crippen LogP contribution in [-0.4, -0.2) is 19.3 Å². The van der Waals surface area contributed by atoms with Crippen molar-refractivity contribution in [1.82, 2.24) is 4.98 Å². The highest BCUT2D eigenvalue weighted by Crippen LogP contribution is 2.31. The van der Waals surface area contributed by atoms with E-state index in [9.17, 15) is 13.2 Å². The lowest BCUT2D eigenvalue weighted by Crippen LogP contribution is -2.16.